The summed E-state index contributed by atoms with van der Waals surface area (Å²) in [5.74, 6) is -1.23. The van der Waals surface area contributed by atoms with Gasteiger partial charge in [-0.3, -0.25) is 4.79 Å². The maximum atomic E-state index is 12.0. The molecule has 0 aromatic rings. The molecule has 7 heteroatoms. The Morgan fingerprint density at radius 3 is 2.78 bits per heavy atom. The summed E-state index contributed by atoms with van der Waals surface area (Å²) in [6.45, 7) is 4.02. The van der Waals surface area contributed by atoms with Crippen molar-refractivity contribution in [3.63, 3.8) is 0 Å². The fourth-order valence-electron chi connectivity index (χ4n) is 1.86. The van der Waals surface area contributed by atoms with E-state index in [0.29, 0.717) is 6.54 Å². The van der Waals surface area contributed by atoms with Gasteiger partial charge in [0, 0.05) is 13.1 Å². The number of carbonyl (C=O) groups is 2. The van der Waals surface area contributed by atoms with E-state index in [4.69, 9.17) is 20.3 Å². The van der Waals surface area contributed by atoms with Crippen LogP contribution < -0.4 is 5.73 Å². The van der Waals surface area contributed by atoms with Gasteiger partial charge in [0.25, 0.3) is 5.91 Å². The second-order valence-corrected chi connectivity index (χ2v) is 4.22. The first-order chi connectivity index (χ1) is 8.49. The molecular weight excluding hydrogens is 240 g/mol. The number of esters is 1. The highest BCUT2D eigenvalue weighted by Gasteiger charge is 2.33. The number of nitrogens with two attached hydrogens (primary N) is 1. The molecule has 3 unspecified atom stereocenters. The van der Waals surface area contributed by atoms with Crippen molar-refractivity contribution in [3.05, 3.63) is 0 Å². The first-order valence-corrected chi connectivity index (χ1v) is 5.96. The molecule has 1 heterocycles. The number of morpholine rings is 1. The number of carbonyl (C=O) groups excluding carboxylic acids is 2. The molecule has 0 spiro atoms. The fraction of sp³-hybridized carbons (Fsp3) is 0.818. The SMILES string of the molecule is CCOC(=O)C(N)C(=O)N1CC(C)OC(CO)C1. The number of aliphatic hydroxyl groups excluding tert-OH is 1. The minimum atomic E-state index is -1.31. The summed E-state index contributed by atoms with van der Waals surface area (Å²) >= 11 is 0. The molecule has 0 bridgehead atoms. The van der Waals surface area contributed by atoms with Crippen LogP contribution in [-0.4, -0.2) is 66.4 Å². The highest BCUT2D eigenvalue weighted by atomic mass is 16.5. The van der Waals surface area contributed by atoms with Crippen LogP contribution in [0.4, 0.5) is 0 Å². The number of nitrogens with zero attached hydrogens (tertiary/aromatic N) is 1. The first-order valence-electron chi connectivity index (χ1n) is 5.96. The molecule has 1 amide bonds. The predicted molar refractivity (Wildman–Crippen MR) is 62.6 cm³/mol. The average molecular weight is 260 g/mol. The van der Waals surface area contributed by atoms with Crippen molar-refractivity contribution in [2.24, 2.45) is 5.73 Å². The Balaban J connectivity index is 2.62. The molecule has 0 aliphatic carbocycles. The van der Waals surface area contributed by atoms with Crippen molar-refractivity contribution in [2.75, 3.05) is 26.3 Å². The van der Waals surface area contributed by atoms with Crippen LogP contribution in [-0.2, 0) is 19.1 Å². The first kappa shape index (κ1) is 14.9. The van der Waals surface area contributed by atoms with E-state index in [2.05, 4.69) is 0 Å². The normalized spacial score (nSPS) is 25.7. The van der Waals surface area contributed by atoms with E-state index < -0.39 is 24.0 Å². The average Bonchev–Trinajstić information content (AvgIpc) is 2.36. The molecule has 104 valence electrons. The Labute approximate surface area is 106 Å². The maximum absolute atomic E-state index is 12.0. The molecular formula is C11H20N2O5. The molecule has 1 aliphatic rings. The van der Waals surface area contributed by atoms with Crippen molar-refractivity contribution in [1.82, 2.24) is 4.90 Å². The number of hydrogen-bond donors (Lipinski definition) is 2. The van der Waals surface area contributed by atoms with Gasteiger partial charge in [-0.1, -0.05) is 0 Å². The zero-order chi connectivity index (χ0) is 13.7. The Morgan fingerprint density at radius 2 is 2.22 bits per heavy atom. The summed E-state index contributed by atoms with van der Waals surface area (Å²) in [7, 11) is 0. The molecule has 18 heavy (non-hydrogen) atoms. The lowest BCUT2D eigenvalue weighted by molar-refractivity contribution is -0.157. The molecule has 0 radical (unpaired) electrons. The van der Waals surface area contributed by atoms with Crippen molar-refractivity contribution in [2.45, 2.75) is 32.1 Å². The predicted octanol–water partition coefficient (Wildman–Crippen LogP) is -1.51. The van der Waals surface area contributed by atoms with E-state index in [9.17, 15) is 9.59 Å². The molecule has 0 aromatic carbocycles. The molecule has 1 saturated heterocycles. The smallest absolute Gasteiger partial charge is 0.332 e. The standard InChI is InChI=1S/C11H20N2O5/c1-3-17-11(16)9(12)10(15)13-4-7(2)18-8(5-13)6-14/h7-9,14H,3-6,12H2,1-2H3. The minimum Gasteiger partial charge on any atom is -0.464 e. The van der Waals surface area contributed by atoms with E-state index in [-0.39, 0.29) is 25.9 Å². The third kappa shape index (κ3) is 3.66. The van der Waals surface area contributed by atoms with E-state index >= 15 is 0 Å². The van der Waals surface area contributed by atoms with Crippen LogP contribution in [0.15, 0.2) is 0 Å². The fourth-order valence-corrected chi connectivity index (χ4v) is 1.86. The van der Waals surface area contributed by atoms with Crippen LogP contribution in [0.1, 0.15) is 13.8 Å². The lowest BCUT2D eigenvalue weighted by Crippen LogP contribution is -2.56. The zero-order valence-electron chi connectivity index (χ0n) is 10.7. The summed E-state index contributed by atoms with van der Waals surface area (Å²) in [4.78, 5) is 24.8. The van der Waals surface area contributed by atoms with Gasteiger partial charge >= 0.3 is 5.97 Å². The lowest BCUT2D eigenvalue weighted by Gasteiger charge is -2.36. The molecule has 3 N–H and O–H groups in total. The number of rotatable bonds is 4. The highest BCUT2D eigenvalue weighted by Crippen LogP contribution is 2.12. The summed E-state index contributed by atoms with van der Waals surface area (Å²) in [6.07, 6.45) is -0.638. The minimum absolute atomic E-state index is 0.178. The largest absolute Gasteiger partial charge is 0.464 e. The van der Waals surface area contributed by atoms with E-state index in [0.717, 1.165) is 0 Å². The van der Waals surface area contributed by atoms with Crippen LogP contribution in [0.3, 0.4) is 0 Å². The van der Waals surface area contributed by atoms with Gasteiger partial charge in [-0.25, -0.2) is 4.79 Å². The molecule has 3 atom stereocenters. The molecule has 1 fully saturated rings. The van der Waals surface area contributed by atoms with E-state index in [1.807, 2.05) is 0 Å². The van der Waals surface area contributed by atoms with Gasteiger partial charge in [-0.15, -0.1) is 0 Å². The van der Waals surface area contributed by atoms with Gasteiger partial charge in [0.15, 0.2) is 6.04 Å². The second-order valence-electron chi connectivity index (χ2n) is 4.22. The van der Waals surface area contributed by atoms with E-state index in [1.165, 1.54) is 4.90 Å². The van der Waals surface area contributed by atoms with Crippen LogP contribution in [0.2, 0.25) is 0 Å². The molecule has 1 aliphatic heterocycles. The topological polar surface area (TPSA) is 102 Å². The van der Waals surface area contributed by atoms with Crippen LogP contribution in [0, 0.1) is 0 Å². The van der Waals surface area contributed by atoms with Gasteiger partial charge in [0.1, 0.15) is 0 Å². The Kier molecular flexibility index (Phi) is 5.52. The summed E-state index contributed by atoms with van der Waals surface area (Å²) in [5.41, 5.74) is 5.54. The van der Waals surface area contributed by atoms with Crippen LogP contribution >= 0.6 is 0 Å². The van der Waals surface area contributed by atoms with E-state index in [1.54, 1.807) is 13.8 Å². The molecule has 0 saturated carbocycles. The van der Waals surface area contributed by atoms with Crippen molar-refractivity contribution in [3.8, 4) is 0 Å². The summed E-state index contributed by atoms with van der Waals surface area (Å²) in [5, 5.41) is 9.05. The Bertz CT molecular complexity index is 310. The van der Waals surface area contributed by atoms with Gasteiger partial charge < -0.3 is 25.2 Å². The van der Waals surface area contributed by atoms with Gasteiger partial charge in [0.05, 0.1) is 25.4 Å². The van der Waals surface area contributed by atoms with Gasteiger partial charge in [-0.2, -0.15) is 0 Å². The third-order valence-electron chi connectivity index (χ3n) is 2.65. The zero-order valence-corrected chi connectivity index (χ0v) is 10.7. The highest BCUT2D eigenvalue weighted by molar-refractivity contribution is 6.01. The summed E-state index contributed by atoms with van der Waals surface area (Å²) in [6, 6.07) is -1.31. The molecule has 0 aromatic heterocycles. The second kappa shape index (κ2) is 6.67. The monoisotopic (exact) mass is 260 g/mol. The Hall–Kier alpha value is -1.18. The lowest BCUT2D eigenvalue weighted by atomic mass is 10.2. The third-order valence-corrected chi connectivity index (χ3v) is 2.65. The molecule has 1 rings (SSSR count). The maximum Gasteiger partial charge on any atom is 0.332 e. The van der Waals surface area contributed by atoms with Crippen molar-refractivity contribution >= 4 is 11.9 Å². The van der Waals surface area contributed by atoms with Crippen molar-refractivity contribution < 1.29 is 24.2 Å². The number of hydrogen-bond acceptors (Lipinski definition) is 6. The number of amides is 1. The number of aliphatic hydroxyl groups is 1. The van der Waals surface area contributed by atoms with Gasteiger partial charge in [-0.05, 0) is 13.8 Å². The molecule has 7 nitrogen and oxygen atoms in total. The quantitative estimate of drug-likeness (QED) is 0.470. The number of ether oxygens (including phenoxy) is 2. The Morgan fingerprint density at radius 1 is 1.56 bits per heavy atom. The van der Waals surface area contributed by atoms with Crippen LogP contribution in [0.25, 0.3) is 0 Å². The van der Waals surface area contributed by atoms with Gasteiger partial charge in [0.2, 0.25) is 0 Å². The summed E-state index contributed by atoms with van der Waals surface area (Å²) < 4.78 is 10.1. The van der Waals surface area contributed by atoms with Crippen molar-refractivity contribution in [1.29, 1.82) is 0 Å². The van der Waals surface area contributed by atoms with Crippen LogP contribution in [0.5, 0.6) is 0 Å².